The molecule has 0 aliphatic carbocycles. The average Bonchev–Trinajstić information content (AvgIpc) is 2.04. The summed E-state index contributed by atoms with van der Waals surface area (Å²) in [7, 11) is 0. The third-order valence-electron chi connectivity index (χ3n) is 1.53. The summed E-state index contributed by atoms with van der Waals surface area (Å²) in [5.74, 6) is -1.50. The fourth-order valence-electron chi connectivity index (χ4n) is 0.862. The molecule has 1 heterocycles. The predicted molar refractivity (Wildman–Crippen MR) is 43.5 cm³/mol. The SMILES string of the molecule is O=C(O)C1CCC(C(=O)O)[Se][Se]1. The van der Waals surface area contributed by atoms with E-state index in [-0.39, 0.29) is 35.9 Å². The first-order valence-electron chi connectivity index (χ1n) is 3.39. The maximum atomic E-state index is 10.5. The number of carboxylic acid groups (broad SMARTS) is 2. The Morgan fingerprint density at radius 3 is 1.50 bits per heavy atom. The molecule has 1 aliphatic rings. The molecule has 1 fully saturated rings. The second-order valence-corrected chi connectivity index (χ2v) is 9.82. The van der Waals surface area contributed by atoms with Gasteiger partial charge < -0.3 is 0 Å². The monoisotopic (exact) mass is 304 g/mol. The quantitative estimate of drug-likeness (QED) is 0.696. The molecule has 2 N–H and O–H groups in total. The minimum absolute atomic E-state index is 0.0279. The van der Waals surface area contributed by atoms with Gasteiger partial charge in [0.25, 0.3) is 0 Å². The Labute approximate surface area is 80.6 Å². The van der Waals surface area contributed by atoms with Crippen LogP contribution in [0.5, 0.6) is 0 Å². The van der Waals surface area contributed by atoms with Crippen LogP contribution in [0.25, 0.3) is 0 Å². The molecule has 2 unspecified atom stereocenters. The van der Waals surface area contributed by atoms with Crippen LogP contribution in [0.2, 0.25) is 9.63 Å². The number of hydrogen-bond donors (Lipinski definition) is 2. The van der Waals surface area contributed by atoms with Gasteiger partial charge in [-0.3, -0.25) is 0 Å². The third-order valence-corrected chi connectivity index (χ3v) is 10.8. The summed E-state index contributed by atoms with van der Waals surface area (Å²) < 4.78 is 0. The fraction of sp³-hybridized carbons (Fsp3) is 0.667. The van der Waals surface area contributed by atoms with Gasteiger partial charge in [-0.1, -0.05) is 0 Å². The number of carbonyl (C=O) groups is 2. The molecule has 0 amide bonds. The number of hydrogen-bond acceptors (Lipinski definition) is 2. The van der Waals surface area contributed by atoms with Gasteiger partial charge in [-0.05, 0) is 0 Å². The van der Waals surface area contributed by atoms with Gasteiger partial charge >= 0.3 is 80.5 Å². The summed E-state index contributed by atoms with van der Waals surface area (Å²) in [4.78, 5) is 20.6. The van der Waals surface area contributed by atoms with E-state index in [9.17, 15) is 9.59 Å². The normalized spacial score (nSPS) is 29.7. The zero-order valence-electron chi connectivity index (χ0n) is 6.10. The van der Waals surface area contributed by atoms with Crippen LogP contribution in [-0.4, -0.2) is 48.4 Å². The fourth-order valence-corrected chi connectivity index (χ4v) is 9.56. The van der Waals surface area contributed by atoms with Crippen molar-refractivity contribution in [1.29, 1.82) is 0 Å². The van der Waals surface area contributed by atoms with Crippen molar-refractivity contribution in [2.75, 3.05) is 0 Å². The Morgan fingerprint density at radius 1 is 1.00 bits per heavy atom. The van der Waals surface area contributed by atoms with E-state index in [1.54, 1.807) is 0 Å². The van der Waals surface area contributed by atoms with E-state index in [0.29, 0.717) is 12.8 Å². The third kappa shape index (κ3) is 2.49. The van der Waals surface area contributed by atoms with Crippen molar-refractivity contribution in [3.63, 3.8) is 0 Å². The van der Waals surface area contributed by atoms with E-state index in [4.69, 9.17) is 10.2 Å². The molecule has 0 spiro atoms. The average molecular weight is 302 g/mol. The van der Waals surface area contributed by atoms with Gasteiger partial charge in [0.2, 0.25) is 0 Å². The second-order valence-electron chi connectivity index (χ2n) is 2.42. The molecular weight excluding hydrogens is 294 g/mol. The van der Waals surface area contributed by atoms with Gasteiger partial charge in [-0.15, -0.1) is 0 Å². The van der Waals surface area contributed by atoms with Gasteiger partial charge in [-0.2, -0.15) is 0 Å². The molecule has 0 radical (unpaired) electrons. The predicted octanol–water partition coefficient (Wildman–Crippen LogP) is -0.150. The molecule has 2 atom stereocenters. The number of aliphatic carboxylic acids is 2. The van der Waals surface area contributed by atoms with E-state index >= 15 is 0 Å². The van der Waals surface area contributed by atoms with E-state index in [0.717, 1.165) is 0 Å². The molecule has 4 nitrogen and oxygen atoms in total. The van der Waals surface area contributed by atoms with Crippen LogP contribution in [0.4, 0.5) is 0 Å². The molecule has 0 aromatic heterocycles. The molecule has 6 heteroatoms. The Morgan fingerprint density at radius 2 is 1.33 bits per heavy atom. The van der Waals surface area contributed by atoms with Gasteiger partial charge in [0.05, 0.1) is 0 Å². The van der Waals surface area contributed by atoms with Crippen LogP contribution in [0, 0.1) is 0 Å². The number of carboxylic acids is 2. The van der Waals surface area contributed by atoms with Crippen molar-refractivity contribution in [1.82, 2.24) is 0 Å². The van der Waals surface area contributed by atoms with Crippen molar-refractivity contribution in [2.24, 2.45) is 0 Å². The van der Waals surface area contributed by atoms with Gasteiger partial charge in [0.15, 0.2) is 0 Å². The second kappa shape index (κ2) is 4.28. The Hall–Kier alpha value is -0.0210. The van der Waals surface area contributed by atoms with Gasteiger partial charge in [0, 0.05) is 0 Å². The maximum absolute atomic E-state index is 10.5. The summed E-state index contributed by atoms with van der Waals surface area (Å²) in [6.07, 6.45) is 1.10. The van der Waals surface area contributed by atoms with Crippen LogP contribution in [-0.2, 0) is 9.59 Å². The van der Waals surface area contributed by atoms with E-state index in [2.05, 4.69) is 0 Å². The van der Waals surface area contributed by atoms with Crippen molar-refractivity contribution in [2.45, 2.75) is 22.5 Å². The summed E-state index contributed by atoms with van der Waals surface area (Å²) >= 11 is 0.0558. The Kier molecular flexibility index (Phi) is 3.59. The molecule has 0 bridgehead atoms. The van der Waals surface area contributed by atoms with Gasteiger partial charge in [0.1, 0.15) is 0 Å². The zero-order valence-corrected chi connectivity index (χ0v) is 9.52. The first-order chi connectivity index (χ1) is 5.61. The summed E-state index contributed by atoms with van der Waals surface area (Å²) in [6.45, 7) is 0. The molecule has 1 rings (SSSR count). The molecule has 1 saturated heterocycles. The molecule has 68 valence electrons. The van der Waals surface area contributed by atoms with Crippen molar-refractivity contribution < 1.29 is 19.8 Å². The van der Waals surface area contributed by atoms with E-state index in [1.807, 2.05) is 0 Å². The van der Waals surface area contributed by atoms with Crippen LogP contribution >= 0.6 is 0 Å². The van der Waals surface area contributed by atoms with Crippen LogP contribution < -0.4 is 0 Å². The molecule has 0 saturated carbocycles. The van der Waals surface area contributed by atoms with E-state index in [1.165, 1.54) is 0 Å². The first-order valence-corrected chi connectivity index (χ1v) is 9.70. The van der Waals surface area contributed by atoms with E-state index < -0.39 is 11.9 Å². The van der Waals surface area contributed by atoms with Crippen LogP contribution in [0.15, 0.2) is 0 Å². The Balaban J connectivity index is 2.39. The van der Waals surface area contributed by atoms with Gasteiger partial charge in [-0.25, -0.2) is 0 Å². The summed E-state index contributed by atoms with van der Waals surface area (Å²) in [5.41, 5.74) is 0. The van der Waals surface area contributed by atoms with Crippen molar-refractivity contribution >= 4 is 38.2 Å². The standard InChI is InChI=1S/C6H8O4Se2/c7-5(8)3-1-2-4(6(9)10)12-11-3/h3-4H,1-2H2,(H,7,8)(H,9,10). The first kappa shape index (κ1) is 10.1. The molecule has 0 aromatic rings. The van der Waals surface area contributed by atoms with Crippen LogP contribution in [0.3, 0.4) is 0 Å². The number of rotatable bonds is 2. The zero-order chi connectivity index (χ0) is 9.14. The summed E-state index contributed by atoms with van der Waals surface area (Å²) in [6, 6.07) is 0. The van der Waals surface area contributed by atoms with Crippen LogP contribution in [0.1, 0.15) is 12.8 Å². The minimum atomic E-state index is -0.749. The molecular formula is C6H8O4Se2. The summed E-state index contributed by atoms with van der Waals surface area (Å²) in [5, 5.41) is 17.3. The van der Waals surface area contributed by atoms with Crippen molar-refractivity contribution in [3.05, 3.63) is 0 Å². The van der Waals surface area contributed by atoms with Crippen molar-refractivity contribution in [3.8, 4) is 0 Å². The topological polar surface area (TPSA) is 74.6 Å². The molecule has 12 heavy (non-hydrogen) atoms. The molecule has 0 aromatic carbocycles. The Bertz CT molecular complexity index is 176. The molecule has 1 aliphatic heterocycles.